The van der Waals surface area contributed by atoms with Gasteiger partial charge in [-0.15, -0.1) is 0 Å². The smallest absolute Gasteiger partial charge is 0.167 e. The first-order chi connectivity index (χ1) is 29.7. The van der Waals surface area contributed by atoms with Crippen LogP contribution in [0.15, 0.2) is 209 Å². The summed E-state index contributed by atoms with van der Waals surface area (Å²) < 4.78 is 13.3. The van der Waals surface area contributed by atoms with E-state index in [-0.39, 0.29) is 0 Å². The van der Waals surface area contributed by atoms with Crippen molar-refractivity contribution in [3.05, 3.63) is 200 Å². The summed E-state index contributed by atoms with van der Waals surface area (Å²) in [5.74, 6) is 1.63. The number of aromatic nitrogens is 3. The van der Waals surface area contributed by atoms with Crippen molar-refractivity contribution in [1.82, 2.24) is 15.0 Å². The van der Waals surface area contributed by atoms with E-state index in [2.05, 4.69) is 158 Å². The molecule has 12 aromatic rings. The molecule has 3 aromatic heterocycles. The van der Waals surface area contributed by atoms with Gasteiger partial charge in [0.1, 0.15) is 22.3 Å². The molecule has 0 saturated carbocycles. The largest absolute Gasteiger partial charge is 0.456 e. The molecule has 0 unspecified atom stereocenters. The summed E-state index contributed by atoms with van der Waals surface area (Å²) in [5.41, 5.74) is 12.3. The van der Waals surface area contributed by atoms with E-state index in [0.29, 0.717) is 17.5 Å². The Hall–Kier alpha value is -8.15. The van der Waals surface area contributed by atoms with Crippen molar-refractivity contribution in [1.29, 1.82) is 0 Å². The molecule has 0 radical (unpaired) electrons. The van der Waals surface area contributed by atoms with Gasteiger partial charge in [0.2, 0.25) is 0 Å². The summed E-state index contributed by atoms with van der Waals surface area (Å²) in [7, 11) is 0. The second kappa shape index (κ2) is 13.8. The Morgan fingerprint density at radius 2 is 0.817 bits per heavy atom. The molecule has 9 aromatic carbocycles. The monoisotopic (exact) mass is 767 g/mol. The average Bonchev–Trinajstić information content (AvgIpc) is 3.89. The van der Waals surface area contributed by atoms with Crippen LogP contribution in [0.1, 0.15) is 0 Å². The third-order valence-electron chi connectivity index (χ3n) is 11.5. The van der Waals surface area contributed by atoms with E-state index >= 15 is 0 Å². The molecule has 12 rings (SSSR count). The highest BCUT2D eigenvalue weighted by Crippen LogP contribution is 2.42. The molecular weight excluding hydrogens is 735 g/mol. The lowest BCUT2D eigenvalue weighted by Crippen LogP contribution is -2.01. The molecule has 5 heteroatoms. The summed E-state index contributed by atoms with van der Waals surface area (Å²) in [6, 6.07) is 69.3. The van der Waals surface area contributed by atoms with Gasteiger partial charge in [0.05, 0.1) is 5.56 Å². The van der Waals surface area contributed by atoms with Gasteiger partial charge in [0.15, 0.2) is 17.5 Å². The van der Waals surface area contributed by atoms with Crippen molar-refractivity contribution in [2.24, 2.45) is 0 Å². The molecule has 0 saturated heterocycles. The SMILES string of the molecule is c1ccc(-c2ccc(-c3cc(-c4nc(-c5ccc(-c6ccccc6)cc5)nc(-c5cccc6c5oc5ccccc56)n4)c4c(c3)oc3cc5ccccc5cc34)cc2)cc1. The zero-order valence-electron chi connectivity index (χ0n) is 32.2. The van der Waals surface area contributed by atoms with Crippen LogP contribution in [0.5, 0.6) is 0 Å². The zero-order chi connectivity index (χ0) is 39.6. The van der Waals surface area contributed by atoms with Crippen LogP contribution in [0.25, 0.3) is 122 Å². The number of nitrogens with zero attached hydrogens (tertiary/aromatic N) is 3. The van der Waals surface area contributed by atoms with E-state index < -0.39 is 0 Å². The fourth-order valence-corrected chi connectivity index (χ4v) is 8.53. The van der Waals surface area contributed by atoms with Crippen molar-refractivity contribution in [3.63, 3.8) is 0 Å². The summed E-state index contributed by atoms with van der Waals surface area (Å²) in [6.45, 7) is 0. The van der Waals surface area contributed by atoms with Gasteiger partial charge in [-0.2, -0.15) is 0 Å². The highest BCUT2D eigenvalue weighted by atomic mass is 16.3. The van der Waals surface area contributed by atoms with Gasteiger partial charge in [0, 0.05) is 32.7 Å². The Morgan fingerprint density at radius 3 is 1.52 bits per heavy atom. The number of hydrogen-bond acceptors (Lipinski definition) is 5. The van der Waals surface area contributed by atoms with Crippen molar-refractivity contribution < 1.29 is 8.83 Å². The second-order valence-corrected chi connectivity index (χ2v) is 15.2. The van der Waals surface area contributed by atoms with Crippen LogP contribution >= 0.6 is 0 Å². The van der Waals surface area contributed by atoms with Gasteiger partial charge in [-0.3, -0.25) is 0 Å². The highest BCUT2D eigenvalue weighted by Gasteiger charge is 2.22. The summed E-state index contributed by atoms with van der Waals surface area (Å²) in [4.78, 5) is 15.9. The van der Waals surface area contributed by atoms with Gasteiger partial charge >= 0.3 is 0 Å². The quantitative estimate of drug-likeness (QED) is 0.169. The molecule has 5 nitrogen and oxygen atoms in total. The molecule has 0 N–H and O–H groups in total. The highest BCUT2D eigenvalue weighted by molar-refractivity contribution is 6.16. The van der Waals surface area contributed by atoms with Crippen molar-refractivity contribution >= 4 is 54.6 Å². The lowest BCUT2D eigenvalue weighted by atomic mass is 9.96. The van der Waals surface area contributed by atoms with E-state index in [0.717, 1.165) is 99.2 Å². The van der Waals surface area contributed by atoms with E-state index in [1.165, 1.54) is 5.56 Å². The number of rotatable bonds is 6. The molecular formula is C55H33N3O2. The summed E-state index contributed by atoms with van der Waals surface area (Å²) in [5, 5.41) is 6.25. The van der Waals surface area contributed by atoms with E-state index in [1.54, 1.807) is 0 Å². The predicted molar refractivity (Wildman–Crippen MR) is 245 cm³/mol. The minimum atomic E-state index is 0.524. The maximum atomic E-state index is 6.77. The van der Waals surface area contributed by atoms with Gasteiger partial charge < -0.3 is 8.83 Å². The average molecular weight is 768 g/mol. The predicted octanol–water partition coefficient (Wildman–Crippen LogP) is 14.8. The Morgan fingerprint density at radius 1 is 0.283 bits per heavy atom. The molecule has 0 amide bonds. The van der Waals surface area contributed by atoms with Gasteiger partial charge in [0.25, 0.3) is 0 Å². The van der Waals surface area contributed by atoms with Gasteiger partial charge in [-0.1, -0.05) is 164 Å². The first-order valence-corrected chi connectivity index (χ1v) is 20.1. The van der Waals surface area contributed by atoms with Crippen molar-refractivity contribution in [2.45, 2.75) is 0 Å². The standard InChI is InChI=1S/C55H33N3O2/c1-3-12-34(13-4-1)36-22-24-38(25-23-36)42-31-47(51-46-30-40-16-7-8-17-41(40)32-49(46)59-50(51)33-42)55-57-53(39-28-26-37(27-29-39)35-14-5-2-6-15-35)56-54(58-55)45-20-11-19-44-43-18-9-10-21-48(43)60-52(44)45/h1-33H. The lowest BCUT2D eigenvalue weighted by Gasteiger charge is -2.12. The fraction of sp³-hybridized carbons (Fsp3) is 0. The Kier molecular flexibility index (Phi) is 7.78. The van der Waals surface area contributed by atoms with Crippen LogP contribution in [0.2, 0.25) is 0 Å². The molecule has 0 aliphatic rings. The number of furan rings is 2. The normalized spacial score (nSPS) is 11.7. The maximum Gasteiger partial charge on any atom is 0.167 e. The first-order valence-electron chi connectivity index (χ1n) is 20.1. The molecule has 0 spiro atoms. The number of para-hydroxylation sites is 2. The van der Waals surface area contributed by atoms with Crippen molar-refractivity contribution in [3.8, 4) is 67.5 Å². The summed E-state index contributed by atoms with van der Waals surface area (Å²) in [6.07, 6.45) is 0. The molecule has 0 bridgehead atoms. The molecule has 60 heavy (non-hydrogen) atoms. The third-order valence-corrected chi connectivity index (χ3v) is 11.5. The lowest BCUT2D eigenvalue weighted by molar-refractivity contribution is 0.669. The molecule has 280 valence electrons. The van der Waals surface area contributed by atoms with Crippen LogP contribution in [0.4, 0.5) is 0 Å². The fourth-order valence-electron chi connectivity index (χ4n) is 8.53. The molecule has 3 heterocycles. The number of benzene rings is 9. The first kappa shape index (κ1) is 33.9. The minimum absolute atomic E-state index is 0.524. The number of fused-ring (bicyclic) bond motifs is 7. The van der Waals surface area contributed by atoms with E-state index in [9.17, 15) is 0 Å². The summed E-state index contributed by atoms with van der Waals surface area (Å²) >= 11 is 0. The molecule has 0 aliphatic carbocycles. The minimum Gasteiger partial charge on any atom is -0.456 e. The van der Waals surface area contributed by atoms with Crippen LogP contribution in [0.3, 0.4) is 0 Å². The van der Waals surface area contributed by atoms with E-state index in [1.807, 2.05) is 42.5 Å². The van der Waals surface area contributed by atoms with Gasteiger partial charge in [-0.25, -0.2) is 15.0 Å². The zero-order valence-corrected chi connectivity index (χ0v) is 32.2. The number of hydrogen-bond donors (Lipinski definition) is 0. The molecule has 0 aliphatic heterocycles. The Balaban J connectivity index is 1.11. The van der Waals surface area contributed by atoms with Gasteiger partial charge in [-0.05, 0) is 80.6 Å². The van der Waals surface area contributed by atoms with Crippen LogP contribution in [-0.2, 0) is 0 Å². The Labute approximate surface area is 344 Å². The van der Waals surface area contributed by atoms with E-state index in [4.69, 9.17) is 23.8 Å². The molecule has 0 atom stereocenters. The topological polar surface area (TPSA) is 65.0 Å². The Bertz CT molecular complexity index is 3570. The van der Waals surface area contributed by atoms with Crippen molar-refractivity contribution in [2.75, 3.05) is 0 Å². The van der Waals surface area contributed by atoms with Crippen LogP contribution in [0, 0.1) is 0 Å². The maximum absolute atomic E-state index is 6.77. The second-order valence-electron chi connectivity index (χ2n) is 15.2. The molecule has 0 fully saturated rings. The van der Waals surface area contributed by atoms with Crippen LogP contribution in [-0.4, -0.2) is 15.0 Å². The third kappa shape index (κ3) is 5.75. The van der Waals surface area contributed by atoms with Crippen LogP contribution < -0.4 is 0 Å².